The molecular weight excluding hydrogens is 236 g/mol. The zero-order chi connectivity index (χ0) is 13.8. The minimum atomic E-state index is 0.162. The van der Waals surface area contributed by atoms with Crippen LogP contribution in [-0.4, -0.2) is 10.9 Å². The molecule has 0 aromatic rings. The summed E-state index contributed by atoms with van der Waals surface area (Å²) in [6.45, 7) is 4.07. The number of carbonyl (C=O) groups excluding carboxylic acids is 1. The molecule has 0 aliphatic heterocycles. The molecule has 0 aromatic heterocycles. The first-order valence-corrected chi connectivity index (χ1v) is 8.03. The summed E-state index contributed by atoms with van der Waals surface area (Å²) in [7, 11) is 0. The van der Waals surface area contributed by atoms with E-state index in [0.717, 1.165) is 32.1 Å². The maximum Gasteiger partial charge on any atom is 0.165 e. The van der Waals surface area contributed by atoms with Gasteiger partial charge in [0.15, 0.2) is 5.78 Å². The molecule has 2 atom stereocenters. The summed E-state index contributed by atoms with van der Waals surface area (Å²) < 4.78 is 0. The molecule has 2 unspecified atom stereocenters. The van der Waals surface area contributed by atoms with Gasteiger partial charge < -0.3 is 5.11 Å². The number of allylic oxidation sites excluding steroid dienone is 2. The third-order valence-corrected chi connectivity index (χ3v) is 5.05. The van der Waals surface area contributed by atoms with E-state index < -0.39 is 0 Å². The van der Waals surface area contributed by atoms with Crippen LogP contribution in [-0.2, 0) is 4.79 Å². The van der Waals surface area contributed by atoms with E-state index in [0.29, 0.717) is 17.3 Å². The minimum Gasteiger partial charge on any atom is -0.512 e. The first-order chi connectivity index (χ1) is 9.09. The van der Waals surface area contributed by atoms with Gasteiger partial charge in [-0.25, -0.2) is 0 Å². The van der Waals surface area contributed by atoms with E-state index in [2.05, 4.69) is 6.92 Å². The largest absolute Gasteiger partial charge is 0.512 e. The van der Waals surface area contributed by atoms with Crippen LogP contribution in [0, 0.1) is 17.8 Å². The summed E-state index contributed by atoms with van der Waals surface area (Å²) in [5.74, 6) is 1.69. The van der Waals surface area contributed by atoms with Crippen molar-refractivity contribution in [3.63, 3.8) is 0 Å². The fraction of sp³-hybridized carbons (Fsp3) is 0.824. The Morgan fingerprint density at radius 2 is 1.58 bits per heavy atom. The molecule has 0 saturated heterocycles. The summed E-state index contributed by atoms with van der Waals surface area (Å²) in [5, 5.41) is 10.4. The van der Waals surface area contributed by atoms with Crippen LogP contribution in [0.5, 0.6) is 0 Å². The molecular formula is C17H28O2. The molecule has 19 heavy (non-hydrogen) atoms. The van der Waals surface area contributed by atoms with Gasteiger partial charge in [0.05, 0.1) is 0 Å². The number of hydrogen-bond donors (Lipinski definition) is 1. The van der Waals surface area contributed by atoms with Crippen LogP contribution in [0.25, 0.3) is 0 Å². The third-order valence-electron chi connectivity index (χ3n) is 5.05. The molecule has 2 heteroatoms. The second kappa shape index (κ2) is 6.58. The first-order valence-electron chi connectivity index (χ1n) is 8.03. The molecule has 0 radical (unpaired) electrons. The van der Waals surface area contributed by atoms with Crippen LogP contribution in [0.15, 0.2) is 11.3 Å². The van der Waals surface area contributed by atoms with Crippen LogP contribution in [0.2, 0.25) is 0 Å². The predicted molar refractivity (Wildman–Crippen MR) is 78.0 cm³/mol. The average molecular weight is 264 g/mol. The van der Waals surface area contributed by atoms with Crippen LogP contribution in [0.4, 0.5) is 0 Å². The van der Waals surface area contributed by atoms with Gasteiger partial charge in [0.1, 0.15) is 5.76 Å². The molecule has 0 amide bonds. The molecule has 2 fully saturated rings. The summed E-state index contributed by atoms with van der Waals surface area (Å²) in [6, 6.07) is 0. The Morgan fingerprint density at radius 3 is 2.21 bits per heavy atom. The molecule has 2 aliphatic rings. The van der Waals surface area contributed by atoms with E-state index in [9.17, 15) is 9.90 Å². The molecule has 2 rings (SSSR count). The highest BCUT2D eigenvalue weighted by molar-refractivity contribution is 5.97. The van der Waals surface area contributed by atoms with E-state index in [4.69, 9.17) is 0 Å². The number of aliphatic hydroxyl groups excluding tert-OH is 1. The fourth-order valence-electron chi connectivity index (χ4n) is 3.79. The van der Waals surface area contributed by atoms with Crippen molar-refractivity contribution in [2.75, 3.05) is 0 Å². The van der Waals surface area contributed by atoms with E-state index in [1.54, 1.807) is 0 Å². The summed E-state index contributed by atoms with van der Waals surface area (Å²) in [5.41, 5.74) is 0.658. The van der Waals surface area contributed by atoms with Crippen molar-refractivity contribution < 1.29 is 9.90 Å². The zero-order valence-electron chi connectivity index (χ0n) is 12.5. The highest BCUT2D eigenvalue weighted by Gasteiger charge is 2.29. The van der Waals surface area contributed by atoms with Crippen LogP contribution in [0.1, 0.15) is 71.6 Å². The summed E-state index contributed by atoms with van der Waals surface area (Å²) in [4.78, 5) is 12.5. The van der Waals surface area contributed by atoms with Gasteiger partial charge in [-0.05, 0) is 38.5 Å². The summed E-state index contributed by atoms with van der Waals surface area (Å²) >= 11 is 0. The normalized spacial score (nSPS) is 30.8. The molecule has 0 aromatic carbocycles. The van der Waals surface area contributed by atoms with Gasteiger partial charge >= 0.3 is 0 Å². The lowest BCUT2D eigenvalue weighted by atomic mass is 9.77. The van der Waals surface area contributed by atoms with Crippen molar-refractivity contribution in [1.82, 2.24) is 0 Å². The second-order valence-electron chi connectivity index (χ2n) is 6.68. The maximum absolute atomic E-state index is 12.5. The minimum absolute atomic E-state index is 0.162. The van der Waals surface area contributed by atoms with Crippen molar-refractivity contribution in [1.29, 1.82) is 0 Å². The lowest BCUT2D eigenvalue weighted by Crippen LogP contribution is -2.24. The molecule has 108 valence electrons. The van der Waals surface area contributed by atoms with E-state index >= 15 is 0 Å². The molecule has 0 heterocycles. The van der Waals surface area contributed by atoms with Gasteiger partial charge in [-0.2, -0.15) is 0 Å². The lowest BCUT2D eigenvalue weighted by Gasteiger charge is -2.27. The Morgan fingerprint density at radius 1 is 0.947 bits per heavy atom. The topological polar surface area (TPSA) is 37.3 Å². The van der Waals surface area contributed by atoms with Crippen molar-refractivity contribution in [3.05, 3.63) is 11.3 Å². The first kappa shape index (κ1) is 14.6. The molecule has 2 aliphatic carbocycles. The average Bonchev–Trinajstić information content (AvgIpc) is 2.46. The standard InChI is InChI=1S/C17H28O2/c1-12-7-6-10-15(11-12)17(19)13(2)16(18)14-8-4-3-5-9-14/h12,14-15,18H,3-11H2,1-2H3/b16-13-. The molecule has 1 N–H and O–H groups in total. The highest BCUT2D eigenvalue weighted by atomic mass is 16.3. The quantitative estimate of drug-likeness (QED) is 0.587. The SMILES string of the molecule is C/C(C(=O)C1CCCC(C)C1)=C(/O)C1CCCCC1. The van der Waals surface area contributed by atoms with Crippen LogP contribution in [0.3, 0.4) is 0 Å². The van der Waals surface area contributed by atoms with Gasteiger partial charge in [0.25, 0.3) is 0 Å². The Labute approximate surface area is 117 Å². The summed E-state index contributed by atoms with van der Waals surface area (Å²) in [6.07, 6.45) is 10.2. The lowest BCUT2D eigenvalue weighted by molar-refractivity contribution is -0.120. The highest BCUT2D eigenvalue weighted by Crippen LogP contribution is 2.34. The Bertz CT molecular complexity index is 350. The van der Waals surface area contributed by atoms with Gasteiger partial charge in [0.2, 0.25) is 0 Å². The molecule has 2 nitrogen and oxygen atoms in total. The Hall–Kier alpha value is -0.790. The maximum atomic E-state index is 12.5. The molecule has 0 bridgehead atoms. The number of ketones is 1. The van der Waals surface area contributed by atoms with Gasteiger partial charge in [-0.1, -0.05) is 39.0 Å². The third kappa shape index (κ3) is 3.61. The number of Topliss-reactive ketones (excluding diaryl/α,β-unsaturated/α-hetero) is 1. The predicted octanol–water partition coefficient (Wildman–Crippen LogP) is 4.79. The molecule has 0 spiro atoms. The van der Waals surface area contributed by atoms with E-state index in [1.165, 1.54) is 25.7 Å². The van der Waals surface area contributed by atoms with Crippen LogP contribution >= 0.6 is 0 Å². The number of aliphatic hydroxyl groups is 1. The van der Waals surface area contributed by atoms with Crippen molar-refractivity contribution in [3.8, 4) is 0 Å². The Balaban J connectivity index is 2.03. The zero-order valence-corrected chi connectivity index (χ0v) is 12.5. The number of rotatable bonds is 3. The van der Waals surface area contributed by atoms with Crippen molar-refractivity contribution in [2.24, 2.45) is 17.8 Å². The monoisotopic (exact) mass is 264 g/mol. The van der Waals surface area contributed by atoms with E-state index in [-0.39, 0.29) is 17.6 Å². The van der Waals surface area contributed by atoms with Gasteiger partial charge in [0, 0.05) is 17.4 Å². The van der Waals surface area contributed by atoms with Gasteiger partial charge in [-0.3, -0.25) is 4.79 Å². The number of hydrogen-bond acceptors (Lipinski definition) is 2. The van der Waals surface area contributed by atoms with Crippen molar-refractivity contribution >= 4 is 5.78 Å². The van der Waals surface area contributed by atoms with Crippen molar-refractivity contribution in [2.45, 2.75) is 71.6 Å². The fourth-order valence-corrected chi connectivity index (χ4v) is 3.79. The van der Waals surface area contributed by atoms with E-state index in [1.807, 2.05) is 6.92 Å². The second-order valence-corrected chi connectivity index (χ2v) is 6.68. The molecule has 2 saturated carbocycles. The Kier molecular flexibility index (Phi) is 5.06. The van der Waals surface area contributed by atoms with Crippen LogP contribution < -0.4 is 0 Å². The van der Waals surface area contributed by atoms with Gasteiger partial charge in [-0.15, -0.1) is 0 Å². The number of carbonyl (C=O) groups is 1. The smallest absolute Gasteiger partial charge is 0.165 e.